The van der Waals surface area contributed by atoms with Crippen LogP contribution in [-0.2, 0) is 6.54 Å². The minimum Gasteiger partial charge on any atom is -0.334 e. The molecule has 0 fully saturated rings. The van der Waals surface area contributed by atoms with Gasteiger partial charge in [-0.25, -0.2) is 9.78 Å². The molecule has 25 heavy (non-hydrogen) atoms. The second-order valence-corrected chi connectivity index (χ2v) is 6.66. The molecule has 2 aromatic carbocycles. The first-order chi connectivity index (χ1) is 12.1. The zero-order valence-electron chi connectivity index (χ0n) is 13.8. The van der Waals surface area contributed by atoms with Gasteiger partial charge in [-0.15, -0.1) is 0 Å². The molecule has 6 heteroatoms. The van der Waals surface area contributed by atoms with E-state index in [4.69, 9.17) is 0 Å². The fourth-order valence-corrected chi connectivity index (χ4v) is 2.90. The first-order valence-electron chi connectivity index (χ1n) is 7.99. The summed E-state index contributed by atoms with van der Waals surface area (Å²) in [4.78, 5) is 16.1. The number of aromatic nitrogens is 2. The summed E-state index contributed by atoms with van der Waals surface area (Å²) in [6.07, 6.45) is 5.39. The van der Waals surface area contributed by atoms with Gasteiger partial charge in [0.25, 0.3) is 0 Å². The average Bonchev–Trinajstić information content (AvgIpc) is 3.15. The summed E-state index contributed by atoms with van der Waals surface area (Å²) < 4.78 is 2.93. The Bertz CT molecular complexity index is 831. The lowest BCUT2D eigenvalue weighted by molar-refractivity contribution is 0.237. The lowest BCUT2D eigenvalue weighted by Gasteiger charge is -2.15. The number of rotatable bonds is 5. The van der Waals surface area contributed by atoms with Gasteiger partial charge in [0.15, 0.2) is 0 Å². The van der Waals surface area contributed by atoms with Crippen LogP contribution >= 0.6 is 15.9 Å². The van der Waals surface area contributed by atoms with E-state index in [1.165, 1.54) is 0 Å². The zero-order valence-corrected chi connectivity index (χ0v) is 15.4. The van der Waals surface area contributed by atoms with Crippen molar-refractivity contribution in [2.75, 3.05) is 0 Å². The Morgan fingerprint density at radius 2 is 2.04 bits per heavy atom. The summed E-state index contributed by atoms with van der Waals surface area (Å²) in [5.74, 6) is 0. The van der Waals surface area contributed by atoms with Crippen LogP contribution in [-0.4, -0.2) is 15.6 Å². The number of hydrogen-bond donors (Lipinski definition) is 2. The van der Waals surface area contributed by atoms with Gasteiger partial charge in [0.1, 0.15) is 0 Å². The van der Waals surface area contributed by atoms with Crippen LogP contribution in [0.15, 0.2) is 71.7 Å². The van der Waals surface area contributed by atoms with E-state index in [2.05, 4.69) is 31.5 Å². The Labute approximate surface area is 155 Å². The quantitative estimate of drug-likeness (QED) is 0.676. The number of halogens is 1. The Balaban J connectivity index is 1.52. The molecule has 0 aliphatic heterocycles. The Morgan fingerprint density at radius 3 is 2.72 bits per heavy atom. The third-order valence-electron chi connectivity index (χ3n) is 3.89. The molecule has 1 atom stereocenters. The van der Waals surface area contributed by atoms with E-state index in [0.717, 1.165) is 21.3 Å². The molecule has 0 bridgehead atoms. The van der Waals surface area contributed by atoms with E-state index < -0.39 is 0 Å². The predicted molar refractivity (Wildman–Crippen MR) is 101 cm³/mol. The normalized spacial score (nSPS) is 11.8. The number of amides is 2. The maximum Gasteiger partial charge on any atom is 0.315 e. The van der Waals surface area contributed by atoms with Crippen molar-refractivity contribution in [2.45, 2.75) is 19.5 Å². The van der Waals surface area contributed by atoms with Gasteiger partial charge in [0.2, 0.25) is 0 Å². The highest BCUT2D eigenvalue weighted by Gasteiger charge is 2.09. The minimum atomic E-state index is -0.189. The second kappa shape index (κ2) is 7.98. The van der Waals surface area contributed by atoms with Gasteiger partial charge < -0.3 is 15.2 Å². The number of urea groups is 1. The van der Waals surface area contributed by atoms with Crippen LogP contribution in [0, 0.1) is 0 Å². The van der Waals surface area contributed by atoms with Crippen LogP contribution in [0.4, 0.5) is 4.79 Å². The molecule has 0 spiro atoms. The highest BCUT2D eigenvalue weighted by Crippen LogP contribution is 2.17. The van der Waals surface area contributed by atoms with E-state index >= 15 is 0 Å². The van der Waals surface area contributed by atoms with Crippen LogP contribution < -0.4 is 10.6 Å². The Hall–Kier alpha value is -2.60. The molecule has 0 aliphatic rings. The lowest BCUT2D eigenvalue weighted by atomic mass is 10.1. The van der Waals surface area contributed by atoms with E-state index in [9.17, 15) is 4.79 Å². The van der Waals surface area contributed by atoms with E-state index in [-0.39, 0.29) is 12.1 Å². The topological polar surface area (TPSA) is 59.0 Å². The zero-order chi connectivity index (χ0) is 17.6. The molecular formula is C19H19BrN4O. The van der Waals surface area contributed by atoms with Gasteiger partial charge in [0.05, 0.1) is 12.4 Å². The predicted octanol–water partition coefficient (Wildman–Crippen LogP) is 4.20. The van der Waals surface area contributed by atoms with Crippen molar-refractivity contribution in [3.05, 3.63) is 82.9 Å². The van der Waals surface area contributed by atoms with Gasteiger partial charge in [0, 0.05) is 29.1 Å². The van der Waals surface area contributed by atoms with Crippen molar-refractivity contribution in [1.82, 2.24) is 20.2 Å². The van der Waals surface area contributed by atoms with Crippen LogP contribution in [0.25, 0.3) is 5.69 Å². The van der Waals surface area contributed by atoms with E-state index in [1.54, 1.807) is 12.5 Å². The average molecular weight is 399 g/mol. The largest absolute Gasteiger partial charge is 0.334 e. The molecule has 128 valence electrons. The number of carbonyl (C=O) groups excluding carboxylic acids is 1. The summed E-state index contributed by atoms with van der Waals surface area (Å²) >= 11 is 3.44. The van der Waals surface area contributed by atoms with Crippen molar-refractivity contribution < 1.29 is 4.79 Å². The molecule has 0 saturated carbocycles. The molecule has 1 heterocycles. The SMILES string of the molecule is CC(NC(=O)NCc1ccc(-n2ccnc2)cc1)c1cccc(Br)c1. The molecule has 2 amide bonds. The number of nitrogens with one attached hydrogen (secondary N) is 2. The van der Waals surface area contributed by atoms with E-state index in [1.807, 2.05) is 66.2 Å². The first kappa shape index (κ1) is 17.2. The standard InChI is InChI=1S/C19H19BrN4O/c1-14(16-3-2-4-17(20)11-16)23-19(25)22-12-15-5-7-18(8-6-15)24-10-9-21-13-24/h2-11,13-14H,12H2,1H3,(H2,22,23,25). The third kappa shape index (κ3) is 4.70. The van der Waals surface area contributed by atoms with Crippen LogP contribution in [0.2, 0.25) is 0 Å². The molecule has 5 nitrogen and oxygen atoms in total. The monoisotopic (exact) mass is 398 g/mol. The molecule has 3 aromatic rings. The van der Waals surface area contributed by atoms with Gasteiger partial charge in [-0.1, -0.05) is 40.2 Å². The summed E-state index contributed by atoms with van der Waals surface area (Å²) in [6.45, 7) is 2.43. The number of carbonyl (C=O) groups is 1. The maximum atomic E-state index is 12.1. The van der Waals surface area contributed by atoms with Crippen molar-refractivity contribution in [3.8, 4) is 5.69 Å². The van der Waals surface area contributed by atoms with Gasteiger partial charge >= 0.3 is 6.03 Å². The minimum absolute atomic E-state index is 0.0684. The summed E-state index contributed by atoms with van der Waals surface area (Å²) in [6, 6.07) is 15.6. The molecule has 1 aromatic heterocycles. The molecule has 0 radical (unpaired) electrons. The highest BCUT2D eigenvalue weighted by atomic mass is 79.9. The highest BCUT2D eigenvalue weighted by molar-refractivity contribution is 9.10. The Morgan fingerprint density at radius 1 is 1.24 bits per heavy atom. The maximum absolute atomic E-state index is 12.1. The van der Waals surface area contributed by atoms with Gasteiger partial charge in [-0.05, 0) is 42.3 Å². The molecule has 2 N–H and O–H groups in total. The number of hydrogen-bond acceptors (Lipinski definition) is 2. The lowest BCUT2D eigenvalue weighted by Crippen LogP contribution is -2.36. The van der Waals surface area contributed by atoms with Crippen molar-refractivity contribution in [3.63, 3.8) is 0 Å². The first-order valence-corrected chi connectivity index (χ1v) is 8.78. The molecule has 3 rings (SSSR count). The van der Waals surface area contributed by atoms with Crippen LogP contribution in [0.5, 0.6) is 0 Å². The van der Waals surface area contributed by atoms with E-state index in [0.29, 0.717) is 6.54 Å². The number of imidazole rings is 1. The third-order valence-corrected chi connectivity index (χ3v) is 4.38. The molecule has 0 saturated heterocycles. The fourth-order valence-electron chi connectivity index (χ4n) is 2.49. The summed E-state index contributed by atoms with van der Waals surface area (Å²) in [5.41, 5.74) is 3.12. The number of benzene rings is 2. The molecule has 1 unspecified atom stereocenters. The fraction of sp³-hybridized carbons (Fsp3) is 0.158. The number of nitrogens with zero attached hydrogens (tertiary/aromatic N) is 2. The van der Waals surface area contributed by atoms with Crippen molar-refractivity contribution in [2.24, 2.45) is 0 Å². The smallest absolute Gasteiger partial charge is 0.315 e. The Kier molecular flexibility index (Phi) is 5.50. The van der Waals surface area contributed by atoms with Crippen molar-refractivity contribution >= 4 is 22.0 Å². The van der Waals surface area contributed by atoms with Crippen molar-refractivity contribution in [1.29, 1.82) is 0 Å². The summed E-state index contributed by atoms with van der Waals surface area (Å²) in [5, 5.41) is 5.83. The summed E-state index contributed by atoms with van der Waals surface area (Å²) in [7, 11) is 0. The van der Waals surface area contributed by atoms with Crippen LogP contribution in [0.3, 0.4) is 0 Å². The van der Waals surface area contributed by atoms with Gasteiger partial charge in [-0.3, -0.25) is 0 Å². The molecule has 0 aliphatic carbocycles. The van der Waals surface area contributed by atoms with Crippen LogP contribution in [0.1, 0.15) is 24.1 Å². The molecular weight excluding hydrogens is 380 g/mol. The van der Waals surface area contributed by atoms with Gasteiger partial charge in [-0.2, -0.15) is 0 Å². The second-order valence-electron chi connectivity index (χ2n) is 5.74.